The molecule has 0 amide bonds. The Hall–Kier alpha value is -0.120. The van der Waals surface area contributed by atoms with Crippen molar-refractivity contribution in [2.75, 3.05) is 26.2 Å². The average Bonchev–Trinajstić information content (AvgIpc) is 2.67. The summed E-state index contributed by atoms with van der Waals surface area (Å²) in [4.78, 5) is 0. The summed E-state index contributed by atoms with van der Waals surface area (Å²) < 4.78 is 0. The molecule has 2 rings (SSSR count). The maximum atomic E-state index is 9.68. The van der Waals surface area contributed by atoms with Crippen molar-refractivity contribution in [3.8, 4) is 0 Å². The zero-order valence-corrected chi connectivity index (χ0v) is 10.4. The Balaban J connectivity index is 1.63. The topological polar surface area (TPSA) is 44.3 Å². The molecule has 1 heterocycles. The quantitative estimate of drug-likeness (QED) is 0.669. The van der Waals surface area contributed by atoms with Gasteiger partial charge >= 0.3 is 0 Å². The molecule has 0 aromatic heterocycles. The van der Waals surface area contributed by atoms with E-state index in [0.29, 0.717) is 5.92 Å². The van der Waals surface area contributed by atoms with Crippen LogP contribution in [0.15, 0.2) is 0 Å². The van der Waals surface area contributed by atoms with Crippen molar-refractivity contribution in [3.63, 3.8) is 0 Å². The summed E-state index contributed by atoms with van der Waals surface area (Å²) in [6.07, 6.45) is 5.48. The molecule has 0 aromatic carbocycles. The van der Waals surface area contributed by atoms with E-state index in [4.69, 9.17) is 0 Å². The van der Waals surface area contributed by atoms with Gasteiger partial charge in [-0.2, -0.15) is 0 Å². The molecule has 0 spiro atoms. The second kappa shape index (κ2) is 5.99. The molecule has 94 valence electrons. The SMILES string of the molecule is CC1CCCCC1CNCC1CNCC1O. The molecule has 3 N–H and O–H groups in total. The van der Waals surface area contributed by atoms with Crippen LogP contribution in [0.5, 0.6) is 0 Å². The number of rotatable bonds is 4. The number of hydrogen-bond donors (Lipinski definition) is 3. The van der Waals surface area contributed by atoms with E-state index in [2.05, 4.69) is 17.6 Å². The Morgan fingerprint density at radius 3 is 2.56 bits per heavy atom. The van der Waals surface area contributed by atoms with Crippen LogP contribution in [0.25, 0.3) is 0 Å². The fourth-order valence-electron chi connectivity index (χ4n) is 3.08. The molecule has 1 saturated heterocycles. The largest absolute Gasteiger partial charge is 0.391 e. The monoisotopic (exact) mass is 226 g/mol. The summed E-state index contributed by atoms with van der Waals surface area (Å²) in [6, 6.07) is 0. The van der Waals surface area contributed by atoms with Gasteiger partial charge in [0.2, 0.25) is 0 Å². The van der Waals surface area contributed by atoms with Crippen molar-refractivity contribution >= 4 is 0 Å². The minimum Gasteiger partial charge on any atom is -0.391 e. The average molecular weight is 226 g/mol. The Morgan fingerprint density at radius 2 is 1.88 bits per heavy atom. The lowest BCUT2D eigenvalue weighted by molar-refractivity contribution is 0.143. The summed E-state index contributed by atoms with van der Waals surface area (Å²) in [5.41, 5.74) is 0. The highest BCUT2D eigenvalue weighted by atomic mass is 16.3. The Kier molecular flexibility index (Phi) is 4.62. The summed E-state index contributed by atoms with van der Waals surface area (Å²) in [7, 11) is 0. The third-order valence-electron chi connectivity index (χ3n) is 4.41. The molecule has 2 fully saturated rings. The summed E-state index contributed by atoms with van der Waals surface area (Å²) in [5, 5.41) is 16.5. The molecule has 1 saturated carbocycles. The van der Waals surface area contributed by atoms with Gasteiger partial charge in [-0.3, -0.25) is 0 Å². The van der Waals surface area contributed by atoms with E-state index in [9.17, 15) is 5.11 Å². The first-order valence-electron chi connectivity index (χ1n) is 6.87. The van der Waals surface area contributed by atoms with Gasteiger partial charge in [0.1, 0.15) is 0 Å². The van der Waals surface area contributed by atoms with E-state index in [1.54, 1.807) is 0 Å². The second-order valence-electron chi connectivity index (χ2n) is 5.67. The van der Waals surface area contributed by atoms with Crippen LogP contribution in [0.2, 0.25) is 0 Å². The number of aliphatic hydroxyl groups excluding tert-OH is 1. The smallest absolute Gasteiger partial charge is 0.0716 e. The fraction of sp³-hybridized carbons (Fsp3) is 1.00. The Labute approximate surface area is 99.0 Å². The number of aliphatic hydroxyl groups is 1. The van der Waals surface area contributed by atoms with Gasteiger partial charge in [-0.25, -0.2) is 0 Å². The number of nitrogens with one attached hydrogen (secondary N) is 2. The normalized spacial score (nSPS) is 40.1. The molecule has 3 heteroatoms. The van der Waals surface area contributed by atoms with Gasteiger partial charge in [-0.1, -0.05) is 26.2 Å². The standard InChI is InChI=1S/C13H26N2O/c1-10-4-2-3-5-11(10)6-14-7-12-8-15-9-13(12)16/h10-16H,2-9H2,1H3. The molecule has 3 nitrogen and oxygen atoms in total. The van der Waals surface area contributed by atoms with E-state index in [1.165, 1.54) is 25.7 Å². The maximum absolute atomic E-state index is 9.68. The van der Waals surface area contributed by atoms with Crippen LogP contribution < -0.4 is 10.6 Å². The van der Waals surface area contributed by atoms with Gasteiger partial charge in [0, 0.05) is 25.6 Å². The molecule has 1 aliphatic heterocycles. The predicted molar refractivity (Wildman–Crippen MR) is 66.4 cm³/mol. The molecule has 4 atom stereocenters. The van der Waals surface area contributed by atoms with Gasteiger partial charge in [0.05, 0.1) is 6.10 Å². The van der Waals surface area contributed by atoms with E-state index in [0.717, 1.165) is 38.0 Å². The lowest BCUT2D eigenvalue weighted by atomic mass is 9.80. The first kappa shape index (κ1) is 12.3. The lowest BCUT2D eigenvalue weighted by Gasteiger charge is -2.29. The highest BCUT2D eigenvalue weighted by Crippen LogP contribution is 2.28. The minimum absolute atomic E-state index is 0.142. The Morgan fingerprint density at radius 1 is 1.12 bits per heavy atom. The van der Waals surface area contributed by atoms with Crippen LogP contribution in [-0.4, -0.2) is 37.4 Å². The first-order chi connectivity index (χ1) is 7.77. The number of hydrogen-bond acceptors (Lipinski definition) is 3. The predicted octanol–water partition coefficient (Wildman–Crippen LogP) is 0.983. The Bertz CT molecular complexity index is 210. The molecule has 16 heavy (non-hydrogen) atoms. The van der Waals surface area contributed by atoms with Crippen LogP contribution in [0.1, 0.15) is 32.6 Å². The van der Waals surface area contributed by atoms with Crippen molar-refractivity contribution in [1.82, 2.24) is 10.6 Å². The zero-order chi connectivity index (χ0) is 11.4. The van der Waals surface area contributed by atoms with Crippen molar-refractivity contribution in [3.05, 3.63) is 0 Å². The van der Waals surface area contributed by atoms with Crippen molar-refractivity contribution in [1.29, 1.82) is 0 Å². The van der Waals surface area contributed by atoms with Crippen molar-refractivity contribution in [2.45, 2.75) is 38.7 Å². The van der Waals surface area contributed by atoms with Crippen LogP contribution in [0.4, 0.5) is 0 Å². The van der Waals surface area contributed by atoms with E-state index in [1.807, 2.05) is 0 Å². The van der Waals surface area contributed by atoms with Crippen LogP contribution >= 0.6 is 0 Å². The van der Waals surface area contributed by atoms with E-state index in [-0.39, 0.29) is 6.10 Å². The maximum Gasteiger partial charge on any atom is 0.0716 e. The molecular formula is C13H26N2O. The van der Waals surface area contributed by atoms with Gasteiger partial charge in [0.25, 0.3) is 0 Å². The van der Waals surface area contributed by atoms with E-state index >= 15 is 0 Å². The van der Waals surface area contributed by atoms with Crippen LogP contribution in [-0.2, 0) is 0 Å². The molecule has 2 aliphatic rings. The molecule has 0 radical (unpaired) electrons. The van der Waals surface area contributed by atoms with Crippen LogP contribution in [0, 0.1) is 17.8 Å². The van der Waals surface area contributed by atoms with E-state index < -0.39 is 0 Å². The first-order valence-corrected chi connectivity index (χ1v) is 6.87. The summed E-state index contributed by atoms with van der Waals surface area (Å²) >= 11 is 0. The third kappa shape index (κ3) is 3.19. The minimum atomic E-state index is -0.142. The molecule has 0 bridgehead atoms. The van der Waals surface area contributed by atoms with Gasteiger partial charge in [0.15, 0.2) is 0 Å². The van der Waals surface area contributed by atoms with Crippen molar-refractivity contribution in [2.24, 2.45) is 17.8 Å². The highest BCUT2D eigenvalue weighted by molar-refractivity contribution is 4.82. The van der Waals surface area contributed by atoms with Crippen molar-refractivity contribution < 1.29 is 5.11 Å². The fourth-order valence-corrected chi connectivity index (χ4v) is 3.08. The summed E-state index contributed by atoms with van der Waals surface area (Å²) in [5.74, 6) is 2.16. The highest BCUT2D eigenvalue weighted by Gasteiger charge is 2.25. The molecule has 1 aliphatic carbocycles. The van der Waals surface area contributed by atoms with Gasteiger partial charge in [-0.05, 0) is 24.8 Å². The molecule has 0 aromatic rings. The molecular weight excluding hydrogens is 200 g/mol. The zero-order valence-electron chi connectivity index (χ0n) is 10.4. The van der Waals surface area contributed by atoms with Crippen LogP contribution in [0.3, 0.4) is 0 Å². The third-order valence-corrected chi connectivity index (χ3v) is 4.41. The molecule has 4 unspecified atom stereocenters. The van der Waals surface area contributed by atoms with Gasteiger partial charge in [-0.15, -0.1) is 0 Å². The number of β-amino-alcohol motifs (C(OH)–C–C–N with tert-alkyl or cyclic N) is 1. The lowest BCUT2D eigenvalue weighted by Crippen LogP contribution is -2.35. The van der Waals surface area contributed by atoms with Gasteiger partial charge < -0.3 is 15.7 Å². The second-order valence-corrected chi connectivity index (χ2v) is 5.67. The summed E-state index contributed by atoms with van der Waals surface area (Å²) in [6.45, 7) is 6.24.